The molecule has 2 aromatic rings. The molecule has 0 fully saturated rings. The van der Waals surface area contributed by atoms with Crippen molar-refractivity contribution in [3.8, 4) is 0 Å². The van der Waals surface area contributed by atoms with Crippen molar-refractivity contribution in [2.45, 2.75) is 11.8 Å². The van der Waals surface area contributed by atoms with Gasteiger partial charge in [0.05, 0.1) is 0 Å². The Morgan fingerprint density at radius 2 is 2.16 bits per heavy atom. The number of hydrogen-bond acceptors (Lipinski definition) is 4. The molecule has 4 nitrogen and oxygen atoms in total. The van der Waals surface area contributed by atoms with Crippen molar-refractivity contribution >= 4 is 40.1 Å². The van der Waals surface area contributed by atoms with Crippen LogP contribution in [0.3, 0.4) is 0 Å². The third-order valence-electron chi connectivity index (χ3n) is 2.97. The number of carbonyl (C=O) groups is 2. The van der Waals surface area contributed by atoms with Gasteiger partial charge in [-0.05, 0) is 23.6 Å². The Hall–Kier alpha value is -2.01. The lowest BCUT2D eigenvalue weighted by molar-refractivity contribution is -0.138. The van der Waals surface area contributed by atoms with E-state index in [2.05, 4.69) is 5.32 Å². The molecule has 1 amide bonds. The van der Waals surface area contributed by atoms with Crippen molar-refractivity contribution in [2.75, 3.05) is 11.3 Å². The first kappa shape index (κ1) is 12.0. The first-order valence-corrected chi connectivity index (χ1v) is 6.78. The van der Waals surface area contributed by atoms with Crippen LogP contribution in [-0.4, -0.2) is 17.8 Å². The van der Waals surface area contributed by atoms with Gasteiger partial charge >= 0.3 is 5.97 Å². The van der Waals surface area contributed by atoms with Crippen LogP contribution in [0.25, 0.3) is 10.8 Å². The first-order valence-electron chi connectivity index (χ1n) is 5.80. The molecule has 0 unspecified atom stereocenters. The van der Waals surface area contributed by atoms with Crippen LogP contribution in [0.4, 0.5) is 5.69 Å². The highest BCUT2D eigenvalue weighted by molar-refractivity contribution is 7.99. The lowest BCUT2D eigenvalue weighted by Gasteiger charge is -2.07. The van der Waals surface area contributed by atoms with E-state index in [0.29, 0.717) is 5.56 Å². The molecule has 1 heterocycles. The van der Waals surface area contributed by atoms with Gasteiger partial charge in [0.25, 0.3) is 5.91 Å². The summed E-state index contributed by atoms with van der Waals surface area (Å²) in [4.78, 5) is 23.5. The van der Waals surface area contributed by atoms with Crippen LogP contribution in [0.15, 0.2) is 35.2 Å². The third-order valence-corrected chi connectivity index (χ3v) is 3.87. The second kappa shape index (κ2) is 4.59. The number of ether oxygens (including phenoxy) is 1. The number of benzene rings is 2. The standard InChI is InChI=1S/C14H11NO3S/c1-8(16)18-7-19-12-6-5-11-13-9(12)3-2-4-10(13)14(17)15-11/h2-6H,7H2,1H3,(H,15,17). The fourth-order valence-electron chi connectivity index (χ4n) is 2.16. The Balaban J connectivity index is 2.01. The van der Waals surface area contributed by atoms with E-state index >= 15 is 0 Å². The summed E-state index contributed by atoms with van der Waals surface area (Å²) >= 11 is 1.44. The molecular formula is C14H11NO3S. The monoisotopic (exact) mass is 273 g/mol. The maximum absolute atomic E-state index is 11.8. The maximum Gasteiger partial charge on any atom is 0.303 e. The summed E-state index contributed by atoms with van der Waals surface area (Å²) in [6, 6.07) is 9.46. The van der Waals surface area contributed by atoms with Crippen molar-refractivity contribution in [2.24, 2.45) is 0 Å². The summed E-state index contributed by atoms with van der Waals surface area (Å²) in [5.74, 6) is -0.0898. The van der Waals surface area contributed by atoms with Crippen LogP contribution < -0.4 is 5.32 Å². The average Bonchev–Trinajstić information content (AvgIpc) is 2.71. The molecular weight excluding hydrogens is 262 g/mol. The Labute approximate surface area is 114 Å². The van der Waals surface area contributed by atoms with Gasteiger partial charge in [-0.3, -0.25) is 9.59 Å². The van der Waals surface area contributed by atoms with Crippen LogP contribution in [0.1, 0.15) is 17.3 Å². The normalized spacial score (nSPS) is 12.6. The van der Waals surface area contributed by atoms with Crippen molar-refractivity contribution in [3.63, 3.8) is 0 Å². The molecule has 0 bridgehead atoms. The Kier molecular flexibility index (Phi) is 2.91. The zero-order valence-electron chi connectivity index (χ0n) is 10.2. The summed E-state index contributed by atoms with van der Waals surface area (Å²) < 4.78 is 4.93. The SMILES string of the molecule is CC(=O)OCSc1ccc2c3c(cccc13)C(=O)N2. The van der Waals surface area contributed by atoms with Gasteiger partial charge in [-0.1, -0.05) is 23.9 Å². The molecule has 0 aliphatic carbocycles. The lowest BCUT2D eigenvalue weighted by Crippen LogP contribution is -2.03. The number of rotatable bonds is 3. The summed E-state index contributed by atoms with van der Waals surface area (Å²) in [5, 5.41) is 4.79. The highest BCUT2D eigenvalue weighted by atomic mass is 32.2. The second-order valence-corrected chi connectivity index (χ2v) is 5.16. The van der Waals surface area contributed by atoms with Crippen LogP contribution in [-0.2, 0) is 9.53 Å². The molecule has 2 aromatic carbocycles. The zero-order valence-corrected chi connectivity index (χ0v) is 11.0. The molecule has 0 saturated carbocycles. The number of nitrogens with one attached hydrogen (secondary N) is 1. The highest BCUT2D eigenvalue weighted by Gasteiger charge is 2.22. The first-order chi connectivity index (χ1) is 9.16. The Bertz CT molecular complexity index is 696. The van der Waals surface area contributed by atoms with E-state index in [4.69, 9.17) is 4.74 Å². The predicted molar refractivity (Wildman–Crippen MR) is 74.4 cm³/mol. The molecule has 3 rings (SSSR count). The van der Waals surface area contributed by atoms with Gasteiger partial charge in [0, 0.05) is 28.5 Å². The van der Waals surface area contributed by atoms with E-state index in [1.54, 1.807) is 0 Å². The quantitative estimate of drug-likeness (QED) is 0.530. The van der Waals surface area contributed by atoms with Crippen LogP contribution >= 0.6 is 11.8 Å². The van der Waals surface area contributed by atoms with E-state index < -0.39 is 0 Å². The molecule has 5 heteroatoms. The molecule has 0 spiro atoms. The number of esters is 1. The van der Waals surface area contributed by atoms with Crippen LogP contribution in [0.2, 0.25) is 0 Å². The van der Waals surface area contributed by atoms with Crippen molar-refractivity contribution in [1.29, 1.82) is 0 Å². The molecule has 0 atom stereocenters. The van der Waals surface area contributed by atoms with Gasteiger partial charge in [0.2, 0.25) is 0 Å². The summed E-state index contributed by atoms with van der Waals surface area (Å²) in [7, 11) is 0. The van der Waals surface area contributed by atoms with Gasteiger partial charge in [-0.15, -0.1) is 0 Å². The van der Waals surface area contributed by atoms with Gasteiger partial charge in [0.15, 0.2) is 0 Å². The minimum Gasteiger partial charge on any atom is -0.454 e. The molecule has 1 aliphatic rings. The predicted octanol–water partition coefficient (Wildman–Crippen LogP) is 3.02. The number of amides is 1. The average molecular weight is 273 g/mol. The molecule has 0 radical (unpaired) electrons. The maximum atomic E-state index is 11.8. The molecule has 0 saturated heterocycles. The number of hydrogen-bond donors (Lipinski definition) is 1. The van der Waals surface area contributed by atoms with E-state index in [0.717, 1.165) is 21.4 Å². The zero-order chi connectivity index (χ0) is 13.4. The summed E-state index contributed by atoms with van der Waals surface area (Å²) in [6.45, 7) is 1.39. The van der Waals surface area contributed by atoms with Gasteiger partial charge in [0.1, 0.15) is 5.94 Å². The van der Waals surface area contributed by atoms with E-state index in [-0.39, 0.29) is 17.8 Å². The smallest absolute Gasteiger partial charge is 0.303 e. The van der Waals surface area contributed by atoms with E-state index in [1.807, 2.05) is 30.3 Å². The second-order valence-electron chi connectivity index (χ2n) is 4.19. The van der Waals surface area contributed by atoms with E-state index in [9.17, 15) is 9.59 Å². The van der Waals surface area contributed by atoms with Crippen molar-refractivity contribution < 1.29 is 14.3 Å². The number of anilines is 1. The van der Waals surface area contributed by atoms with E-state index in [1.165, 1.54) is 18.7 Å². The Morgan fingerprint density at radius 3 is 2.95 bits per heavy atom. The number of thioether (sulfide) groups is 1. The highest BCUT2D eigenvalue weighted by Crippen LogP contribution is 2.38. The third kappa shape index (κ3) is 2.06. The number of carbonyl (C=O) groups excluding carboxylic acids is 2. The lowest BCUT2D eigenvalue weighted by atomic mass is 10.1. The van der Waals surface area contributed by atoms with Crippen molar-refractivity contribution in [3.05, 3.63) is 35.9 Å². The van der Waals surface area contributed by atoms with Crippen LogP contribution in [0, 0.1) is 0 Å². The summed E-state index contributed by atoms with van der Waals surface area (Å²) in [5.41, 5.74) is 1.54. The van der Waals surface area contributed by atoms with Gasteiger partial charge < -0.3 is 10.1 Å². The topological polar surface area (TPSA) is 55.4 Å². The van der Waals surface area contributed by atoms with Gasteiger partial charge in [-0.25, -0.2) is 0 Å². The fraction of sp³-hybridized carbons (Fsp3) is 0.143. The van der Waals surface area contributed by atoms with Crippen molar-refractivity contribution in [1.82, 2.24) is 0 Å². The molecule has 1 N–H and O–H groups in total. The molecule has 96 valence electrons. The van der Waals surface area contributed by atoms with Crippen LogP contribution in [0.5, 0.6) is 0 Å². The largest absolute Gasteiger partial charge is 0.454 e. The minimum absolute atomic E-state index is 0.0669. The molecule has 0 aromatic heterocycles. The minimum atomic E-state index is -0.296. The van der Waals surface area contributed by atoms with Gasteiger partial charge in [-0.2, -0.15) is 0 Å². The fourth-order valence-corrected chi connectivity index (χ4v) is 3.01. The summed E-state index contributed by atoms with van der Waals surface area (Å²) in [6.07, 6.45) is 0. The molecule has 1 aliphatic heterocycles. The Morgan fingerprint density at radius 1 is 1.32 bits per heavy atom. The molecule has 19 heavy (non-hydrogen) atoms.